The zero-order valence-corrected chi connectivity index (χ0v) is 8.61. The minimum atomic E-state index is 1.06. The van der Waals surface area contributed by atoms with Crippen molar-refractivity contribution in [3.63, 3.8) is 0 Å². The van der Waals surface area contributed by atoms with Gasteiger partial charge < -0.3 is 5.73 Å². The van der Waals surface area contributed by atoms with E-state index in [2.05, 4.69) is 31.0 Å². The Bertz CT molecular complexity index is 296. The quantitative estimate of drug-likeness (QED) is 0.706. The van der Waals surface area contributed by atoms with E-state index < -0.39 is 0 Å². The van der Waals surface area contributed by atoms with Crippen LogP contribution in [0.4, 0.5) is 0 Å². The molecule has 0 amide bonds. The Labute approximate surface area is 86.3 Å². The molecule has 0 aliphatic heterocycles. The van der Waals surface area contributed by atoms with Gasteiger partial charge in [-0.1, -0.05) is 55.6 Å². The van der Waals surface area contributed by atoms with Crippen molar-refractivity contribution in [1.82, 2.24) is 0 Å². The molecule has 1 aromatic carbocycles. The molecule has 1 aromatic rings. The largest absolute Gasteiger partial charge is 0.405 e. The lowest BCUT2D eigenvalue weighted by atomic mass is 10.1. The van der Waals surface area contributed by atoms with E-state index in [1.165, 1.54) is 11.8 Å². The van der Waals surface area contributed by atoms with Crippen molar-refractivity contribution in [2.24, 2.45) is 5.73 Å². The van der Waals surface area contributed by atoms with Crippen LogP contribution in [0.3, 0.4) is 0 Å². The topological polar surface area (TPSA) is 26.0 Å². The lowest BCUT2D eigenvalue weighted by molar-refractivity contribution is 1.62. The number of rotatable bonds is 2. The van der Waals surface area contributed by atoms with Gasteiger partial charge in [-0.2, -0.15) is 0 Å². The van der Waals surface area contributed by atoms with Crippen molar-refractivity contribution in [2.45, 2.75) is 6.92 Å². The number of benzene rings is 1. The maximum atomic E-state index is 4.61. The second kappa shape index (κ2) is 7.87. The van der Waals surface area contributed by atoms with E-state index in [9.17, 15) is 0 Å². The molecule has 0 fully saturated rings. The molecule has 1 heteroatoms. The highest BCUT2D eigenvalue weighted by atomic mass is 14.5. The van der Waals surface area contributed by atoms with E-state index >= 15 is 0 Å². The van der Waals surface area contributed by atoms with Crippen molar-refractivity contribution in [2.75, 3.05) is 0 Å². The number of hydrogen-bond acceptors (Lipinski definition) is 1. The first-order chi connectivity index (χ1) is 6.76. The van der Waals surface area contributed by atoms with Crippen LogP contribution in [-0.2, 0) is 0 Å². The summed E-state index contributed by atoms with van der Waals surface area (Å²) in [5, 5.41) is 0. The van der Waals surface area contributed by atoms with Crippen LogP contribution in [0.2, 0.25) is 0 Å². The van der Waals surface area contributed by atoms with E-state index in [0.717, 1.165) is 5.57 Å². The van der Waals surface area contributed by atoms with Gasteiger partial charge >= 0.3 is 0 Å². The second-order valence-corrected chi connectivity index (χ2v) is 2.63. The average molecular weight is 187 g/mol. The van der Waals surface area contributed by atoms with Gasteiger partial charge in [0.1, 0.15) is 0 Å². The summed E-state index contributed by atoms with van der Waals surface area (Å²) in [4.78, 5) is 0. The molecule has 0 atom stereocenters. The van der Waals surface area contributed by atoms with Gasteiger partial charge in [-0.3, -0.25) is 0 Å². The van der Waals surface area contributed by atoms with Crippen molar-refractivity contribution in [3.8, 4) is 0 Å². The molecule has 0 aromatic heterocycles. The van der Waals surface area contributed by atoms with Crippen LogP contribution >= 0.6 is 0 Å². The minimum Gasteiger partial charge on any atom is -0.405 e. The first kappa shape index (κ1) is 12.2. The summed E-state index contributed by atoms with van der Waals surface area (Å²) in [5.41, 5.74) is 6.86. The van der Waals surface area contributed by atoms with Crippen LogP contribution < -0.4 is 5.73 Å². The molecule has 74 valence electrons. The van der Waals surface area contributed by atoms with Gasteiger partial charge in [-0.05, 0) is 24.3 Å². The van der Waals surface area contributed by atoms with Gasteiger partial charge in [0.15, 0.2) is 0 Å². The van der Waals surface area contributed by atoms with E-state index in [0.29, 0.717) is 0 Å². The van der Waals surface area contributed by atoms with Crippen LogP contribution in [0.5, 0.6) is 0 Å². The summed E-state index contributed by atoms with van der Waals surface area (Å²) in [6, 6.07) is 10.2. The van der Waals surface area contributed by atoms with E-state index in [1.807, 2.05) is 37.3 Å². The van der Waals surface area contributed by atoms with Crippen molar-refractivity contribution in [3.05, 3.63) is 67.4 Å². The van der Waals surface area contributed by atoms with Gasteiger partial charge in [0.25, 0.3) is 0 Å². The Hall–Kier alpha value is -1.76. The smallest absolute Gasteiger partial charge is 0.0136 e. The second-order valence-electron chi connectivity index (χ2n) is 2.63. The standard InChI is InChI=1S/C11H12.C2H5N/c1-3-7-10(2)11-8-5-4-6-9-11;1-2-3/h3-9H,2H2,1H3;2H,1,3H2/b7-3-;. The number of allylic oxidation sites excluding steroid dienone is 3. The van der Waals surface area contributed by atoms with Crippen molar-refractivity contribution < 1.29 is 0 Å². The maximum Gasteiger partial charge on any atom is -0.0136 e. The Morgan fingerprint density at radius 2 is 1.79 bits per heavy atom. The molecular weight excluding hydrogens is 170 g/mol. The Morgan fingerprint density at radius 1 is 1.29 bits per heavy atom. The van der Waals surface area contributed by atoms with Crippen LogP contribution in [0, 0.1) is 0 Å². The normalized spacial score (nSPS) is 8.93. The predicted molar refractivity (Wildman–Crippen MR) is 64.7 cm³/mol. The molecule has 0 spiro atoms. The molecule has 0 aliphatic rings. The third-order valence-electron chi connectivity index (χ3n) is 1.51. The van der Waals surface area contributed by atoms with Gasteiger partial charge in [0.2, 0.25) is 0 Å². The molecule has 2 N–H and O–H groups in total. The Kier molecular flexibility index (Phi) is 6.88. The summed E-state index contributed by atoms with van der Waals surface area (Å²) in [6.07, 6.45) is 5.25. The van der Waals surface area contributed by atoms with E-state index in [-0.39, 0.29) is 0 Å². The first-order valence-corrected chi connectivity index (χ1v) is 4.46. The van der Waals surface area contributed by atoms with Gasteiger partial charge in [0, 0.05) is 0 Å². The lowest BCUT2D eigenvalue weighted by Gasteiger charge is -1.97. The third-order valence-corrected chi connectivity index (χ3v) is 1.51. The van der Waals surface area contributed by atoms with Crippen molar-refractivity contribution >= 4 is 5.57 Å². The summed E-state index contributed by atoms with van der Waals surface area (Å²) < 4.78 is 0. The number of nitrogens with two attached hydrogens (primary N) is 1. The lowest BCUT2D eigenvalue weighted by Crippen LogP contribution is -1.75. The molecule has 0 radical (unpaired) electrons. The monoisotopic (exact) mass is 187 g/mol. The molecule has 1 nitrogen and oxygen atoms in total. The number of hydrogen-bond donors (Lipinski definition) is 1. The highest BCUT2D eigenvalue weighted by Gasteiger charge is 1.89. The van der Waals surface area contributed by atoms with Crippen molar-refractivity contribution in [1.29, 1.82) is 0 Å². The molecular formula is C13H17N. The molecule has 0 bridgehead atoms. The molecule has 0 saturated carbocycles. The average Bonchev–Trinajstić information content (AvgIpc) is 2.21. The fourth-order valence-corrected chi connectivity index (χ4v) is 0.950. The fourth-order valence-electron chi connectivity index (χ4n) is 0.950. The highest BCUT2D eigenvalue weighted by molar-refractivity contribution is 5.71. The Balaban J connectivity index is 0.000000500. The molecule has 0 saturated heterocycles. The third kappa shape index (κ3) is 4.99. The SMILES string of the molecule is C=C(/C=C\C)c1ccccc1.C=CN. The van der Waals surface area contributed by atoms with Gasteiger partial charge in [-0.15, -0.1) is 0 Å². The molecule has 0 unspecified atom stereocenters. The molecule has 0 aliphatic carbocycles. The summed E-state index contributed by atoms with van der Waals surface area (Å²) >= 11 is 0. The molecule has 14 heavy (non-hydrogen) atoms. The predicted octanol–water partition coefficient (Wildman–Crippen LogP) is 3.36. The van der Waals surface area contributed by atoms with Crippen LogP contribution in [-0.4, -0.2) is 0 Å². The fraction of sp³-hybridized carbons (Fsp3) is 0.0769. The van der Waals surface area contributed by atoms with Gasteiger partial charge in [-0.25, -0.2) is 0 Å². The zero-order valence-electron chi connectivity index (χ0n) is 8.61. The maximum absolute atomic E-state index is 4.61. The first-order valence-electron chi connectivity index (χ1n) is 4.46. The van der Waals surface area contributed by atoms with Crippen LogP contribution in [0.1, 0.15) is 12.5 Å². The summed E-state index contributed by atoms with van der Waals surface area (Å²) in [6.45, 7) is 9.06. The molecule has 0 heterocycles. The Morgan fingerprint density at radius 3 is 2.21 bits per heavy atom. The summed E-state index contributed by atoms with van der Waals surface area (Å²) in [7, 11) is 0. The zero-order chi connectivity index (χ0) is 10.8. The van der Waals surface area contributed by atoms with E-state index in [4.69, 9.17) is 0 Å². The van der Waals surface area contributed by atoms with Crippen LogP contribution in [0.15, 0.2) is 61.8 Å². The van der Waals surface area contributed by atoms with E-state index in [1.54, 1.807) is 0 Å². The van der Waals surface area contributed by atoms with Crippen LogP contribution in [0.25, 0.3) is 5.57 Å². The highest BCUT2D eigenvalue weighted by Crippen LogP contribution is 2.11. The van der Waals surface area contributed by atoms with Gasteiger partial charge in [0.05, 0.1) is 0 Å². The summed E-state index contributed by atoms with van der Waals surface area (Å²) in [5.74, 6) is 0. The minimum absolute atomic E-state index is 1.06. The molecule has 1 rings (SSSR count).